The van der Waals surface area contributed by atoms with Crippen molar-refractivity contribution in [1.29, 1.82) is 0 Å². The van der Waals surface area contributed by atoms with E-state index in [2.05, 4.69) is 43.9 Å². The summed E-state index contributed by atoms with van der Waals surface area (Å²) < 4.78 is 0. The second kappa shape index (κ2) is 7.84. The van der Waals surface area contributed by atoms with Crippen molar-refractivity contribution < 1.29 is 0 Å². The topological polar surface area (TPSA) is 29.3 Å². The molecule has 0 bridgehead atoms. The minimum absolute atomic E-state index is 0.754. The number of nitrogens with zero attached hydrogens (tertiary/aromatic N) is 1. The Balaban J connectivity index is 1.90. The largest absolute Gasteiger partial charge is 0.371 e. The van der Waals surface area contributed by atoms with Gasteiger partial charge in [0, 0.05) is 18.8 Å². The van der Waals surface area contributed by atoms with Gasteiger partial charge in [-0.1, -0.05) is 31.5 Å². The number of aryl methyl sites for hydroxylation is 2. The molecular weight excluding hydrogens is 256 g/mol. The van der Waals surface area contributed by atoms with Crippen LogP contribution in [0.3, 0.4) is 0 Å². The van der Waals surface area contributed by atoms with Crippen molar-refractivity contribution in [3.8, 4) is 0 Å². The van der Waals surface area contributed by atoms with Crippen molar-refractivity contribution in [3.63, 3.8) is 0 Å². The SMILES string of the molecule is Cc1ccc2c(c1)CCCN2CCCC(CCN)C(C)C. The van der Waals surface area contributed by atoms with Crippen LogP contribution in [0.1, 0.15) is 50.7 Å². The average molecular weight is 288 g/mol. The lowest BCUT2D eigenvalue weighted by Gasteiger charge is -2.32. The first kappa shape index (κ1) is 16.4. The van der Waals surface area contributed by atoms with E-state index in [0.29, 0.717) is 0 Å². The summed E-state index contributed by atoms with van der Waals surface area (Å²) in [5, 5.41) is 0. The van der Waals surface area contributed by atoms with E-state index in [9.17, 15) is 0 Å². The molecular formula is C19H32N2. The van der Waals surface area contributed by atoms with E-state index in [-0.39, 0.29) is 0 Å². The van der Waals surface area contributed by atoms with E-state index in [0.717, 1.165) is 18.4 Å². The van der Waals surface area contributed by atoms with Gasteiger partial charge in [0.2, 0.25) is 0 Å². The highest BCUT2D eigenvalue weighted by Gasteiger charge is 2.18. The number of fused-ring (bicyclic) bond motifs is 1. The third kappa shape index (κ3) is 4.47. The van der Waals surface area contributed by atoms with Crippen LogP contribution in [0.2, 0.25) is 0 Å². The van der Waals surface area contributed by atoms with Gasteiger partial charge in [0.25, 0.3) is 0 Å². The zero-order chi connectivity index (χ0) is 15.2. The zero-order valence-electron chi connectivity index (χ0n) is 14.1. The number of hydrogen-bond donors (Lipinski definition) is 1. The van der Waals surface area contributed by atoms with Crippen LogP contribution in [-0.2, 0) is 6.42 Å². The molecule has 0 saturated heterocycles. The molecule has 2 heteroatoms. The van der Waals surface area contributed by atoms with E-state index in [1.165, 1.54) is 56.4 Å². The van der Waals surface area contributed by atoms with E-state index >= 15 is 0 Å². The van der Waals surface area contributed by atoms with Gasteiger partial charge in [0.15, 0.2) is 0 Å². The van der Waals surface area contributed by atoms with Crippen molar-refractivity contribution in [1.82, 2.24) is 0 Å². The first-order valence-corrected chi connectivity index (χ1v) is 8.66. The van der Waals surface area contributed by atoms with Crippen molar-refractivity contribution in [2.75, 3.05) is 24.5 Å². The monoisotopic (exact) mass is 288 g/mol. The summed E-state index contributed by atoms with van der Waals surface area (Å²) in [5.74, 6) is 1.54. The summed E-state index contributed by atoms with van der Waals surface area (Å²) >= 11 is 0. The lowest BCUT2D eigenvalue weighted by Crippen LogP contribution is -2.30. The summed E-state index contributed by atoms with van der Waals surface area (Å²) in [6, 6.07) is 6.94. The minimum atomic E-state index is 0.754. The van der Waals surface area contributed by atoms with Gasteiger partial charge in [0.1, 0.15) is 0 Å². The van der Waals surface area contributed by atoms with E-state index in [1.807, 2.05) is 0 Å². The van der Waals surface area contributed by atoms with Crippen LogP contribution in [0.5, 0.6) is 0 Å². The van der Waals surface area contributed by atoms with Gasteiger partial charge < -0.3 is 10.6 Å². The molecule has 0 fully saturated rings. The molecule has 2 nitrogen and oxygen atoms in total. The highest BCUT2D eigenvalue weighted by molar-refractivity contribution is 5.56. The first-order valence-electron chi connectivity index (χ1n) is 8.66. The third-order valence-electron chi connectivity index (χ3n) is 4.93. The maximum atomic E-state index is 5.75. The van der Waals surface area contributed by atoms with Crippen LogP contribution >= 0.6 is 0 Å². The molecule has 0 amide bonds. The quantitative estimate of drug-likeness (QED) is 0.816. The second-order valence-electron chi connectivity index (χ2n) is 6.95. The molecule has 1 aromatic carbocycles. The van der Waals surface area contributed by atoms with Gasteiger partial charge in [-0.25, -0.2) is 0 Å². The Morgan fingerprint density at radius 3 is 2.76 bits per heavy atom. The van der Waals surface area contributed by atoms with E-state index in [4.69, 9.17) is 5.73 Å². The lowest BCUT2D eigenvalue weighted by atomic mass is 9.88. The Kier molecular flexibility index (Phi) is 6.10. The molecule has 1 aliphatic rings. The molecule has 1 aliphatic heterocycles. The molecule has 21 heavy (non-hydrogen) atoms. The highest BCUT2D eigenvalue weighted by atomic mass is 15.1. The smallest absolute Gasteiger partial charge is 0.0398 e. The molecule has 0 spiro atoms. The normalized spacial score (nSPS) is 16.1. The van der Waals surface area contributed by atoms with Gasteiger partial charge in [-0.15, -0.1) is 0 Å². The van der Waals surface area contributed by atoms with Gasteiger partial charge in [-0.05, 0) is 69.0 Å². The van der Waals surface area contributed by atoms with Crippen LogP contribution in [0.25, 0.3) is 0 Å². The van der Waals surface area contributed by atoms with Crippen LogP contribution in [0.15, 0.2) is 18.2 Å². The number of benzene rings is 1. The Morgan fingerprint density at radius 2 is 2.05 bits per heavy atom. The van der Waals surface area contributed by atoms with Crippen molar-refractivity contribution >= 4 is 5.69 Å². The molecule has 1 heterocycles. The Morgan fingerprint density at radius 1 is 1.24 bits per heavy atom. The van der Waals surface area contributed by atoms with Gasteiger partial charge in [0.05, 0.1) is 0 Å². The molecule has 1 unspecified atom stereocenters. The fraction of sp³-hybridized carbons (Fsp3) is 0.684. The standard InChI is InChI=1S/C19H32N2/c1-15(2)17(10-11-20)6-4-12-21-13-5-7-18-14-16(3)8-9-19(18)21/h8-9,14-15,17H,4-7,10-13,20H2,1-3H3. The summed E-state index contributed by atoms with van der Waals surface area (Å²) in [5.41, 5.74) is 10.2. The molecule has 0 saturated carbocycles. The third-order valence-corrected chi connectivity index (χ3v) is 4.93. The predicted octanol–water partition coefficient (Wildman–Crippen LogP) is 4.15. The Labute approximate surface area is 130 Å². The van der Waals surface area contributed by atoms with Crippen LogP contribution in [0, 0.1) is 18.8 Å². The van der Waals surface area contributed by atoms with Crippen molar-refractivity contribution in [2.24, 2.45) is 17.6 Å². The van der Waals surface area contributed by atoms with E-state index < -0.39 is 0 Å². The van der Waals surface area contributed by atoms with Crippen LogP contribution in [0.4, 0.5) is 5.69 Å². The predicted molar refractivity (Wildman–Crippen MR) is 92.9 cm³/mol. The molecule has 0 aliphatic carbocycles. The summed E-state index contributed by atoms with van der Waals surface area (Å²) in [7, 11) is 0. The number of rotatable bonds is 7. The van der Waals surface area contributed by atoms with Gasteiger partial charge in [-0.3, -0.25) is 0 Å². The molecule has 0 radical (unpaired) electrons. The van der Waals surface area contributed by atoms with Crippen LogP contribution < -0.4 is 10.6 Å². The van der Waals surface area contributed by atoms with Gasteiger partial charge in [-0.2, -0.15) is 0 Å². The number of anilines is 1. The van der Waals surface area contributed by atoms with Crippen LogP contribution in [-0.4, -0.2) is 19.6 Å². The Bertz CT molecular complexity index is 439. The zero-order valence-corrected chi connectivity index (χ0v) is 14.1. The lowest BCUT2D eigenvalue weighted by molar-refractivity contribution is 0.333. The molecule has 1 aromatic rings. The molecule has 1 atom stereocenters. The maximum Gasteiger partial charge on any atom is 0.0398 e. The first-order chi connectivity index (χ1) is 10.1. The van der Waals surface area contributed by atoms with E-state index in [1.54, 1.807) is 5.56 Å². The molecule has 0 aromatic heterocycles. The fourth-order valence-electron chi connectivity index (χ4n) is 3.61. The van der Waals surface area contributed by atoms with Crippen molar-refractivity contribution in [3.05, 3.63) is 29.3 Å². The molecule has 118 valence electrons. The maximum absolute atomic E-state index is 5.75. The van der Waals surface area contributed by atoms with Gasteiger partial charge >= 0.3 is 0 Å². The van der Waals surface area contributed by atoms with Crippen molar-refractivity contribution in [2.45, 2.75) is 52.9 Å². The minimum Gasteiger partial charge on any atom is -0.371 e. The Hall–Kier alpha value is -1.02. The fourth-order valence-corrected chi connectivity index (χ4v) is 3.61. The molecule has 2 rings (SSSR count). The summed E-state index contributed by atoms with van der Waals surface area (Å²) in [4.78, 5) is 2.60. The summed E-state index contributed by atoms with van der Waals surface area (Å²) in [6.45, 7) is 10.1. The second-order valence-corrected chi connectivity index (χ2v) is 6.95. The number of hydrogen-bond acceptors (Lipinski definition) is 2. The average Bonchev–Trinajstić information content (AvgIpc) is 2.46. The number of nitrogens with two attached hydrogens (primary N) is 1. The molecule has 2 N–H and O–H groups in total. The highest BCUT2D eigenvalue weighted by Crippen LogP contribution is 2.29. The summed E-state index contributed by atoms with van der Waals surface area (Å²) in [6.07, 6.45) is 6.32.